The summed E-state index contributed by atoms with van der Waals surface area (Å²) in [6, 6.07) is 2.12. The van der Waals surface area contributed by atoms with E-state index in [0.717, 1.165) is 17.8 Å². The molecule has 0 N–H and O–H groups in total. The topological polar surface area (TPSA) is 36.1 Å². The number of aliphatic imine (C=N–C) groups is 1. The van der Waals surface area contributed by atoms with Crippen LogP contribution in [-0.2, 0) is 0 Å². The minimum Gasteiger partial charge on any atom is -0.246 e. The molecule has 0 aromatic heterocycles. The first kappa shape index (κ1) is 13.6. The van der Waals surface area contributed by atoms with Crippen molar-refractivity contribution in [2.24, 2.45) is 28.2 Å². The summed E-state index contributed by atoms with van der Waals surface area (Å²) in [7, 11) is 0. The van der Waals surface area contributed by atoms with Gasteiger partial charge in [-0.3, -0.25) is 0 Å². The van der Waals surface area contributed by atoms with E-state index >= 15 is 0 Å². The van der Waals surface area contributed by atoms with Crippen molar-refractivity contribution in [2.75, 3.05) is 0 Å². The van der Waals surface area contributed by atoms with Gasteiger partial charge in [0.25, 0.3) is 0 Å². The Kier molecular flexibility index (Phi) is 3.54. The van der Waals surface area contributed by atoms with Crippen LogP contribution >= 0.6 is 0 Å². The van der Waals surface area contributed by atoms with Crippen LogP contribution < -0.4 is 0 Å². The summed E-state index contributed by atoms with van der Waals surface area (Å²) >= 11 is 0. The second-order valence-electron chi connectivity index (χ2n) is 6.96. The molecule has 0 aromatic rings. The molecule has 0 radical (unpaired) electrons. The summed E-state index contributed by atoms with van der Waals surface area (Å²) in [5.74, 6) is 2.71. The van der Waals surface area contributed by atoms with Gasteiger partial charge in [0.2, 0.25) is 0 Å². The lowest BCUT2D eigenvalue weighted by atomic mass is 9.69. The van der Waals surface area contributed by atoms with Crippen molar-refractivity contribution in [1.29, 1.82) is 5.26 Å². The minimum atomic E-state index is 0.299. The molecule has 0 heterocycles. The molecule has 2 heteroatoms. The molecule has 0 saturated heterocycles. The van der Waals surface area contributed by atoms with Gasteiger partial charge < -0.3 is 0 Å². The van der Waals surface area contributed by atoms with E-state index in [2.05, 4.69) is 17.6 Å². The molecule has 3 bridgehead atoms. The van der Waals surface area contributed by atoms with Gasteiger partial charge in [0.1, 0.15) is 11.8 Å². The highest BCUT2D eigenvalue weighted by molar-refractivity contribution is 5.81. The van der Waals surface area contributed by atoms with Crippen LogP contribution in [0.5, 0.6) is 0 Å². The van der Waals surface area contributed by atoms with Crippen LogP contribution in [-0.4, -0.2) is 6.21 Å². The molecule has 4 atom stereocenters. The largest absolute Gasteiger partial charge is 0.246 e. The second kappa shape index (κ2) is 5.20. The summed E-state index contributed by atoms with van der Waals surface area (Å²) in [4.78, 5) is 4.34. The number of rotatable bonds is 3. The Hall–Kier alpha value is -1.36. The van der Waals surface area contributed by atoms with Crippen LogP contribution in [0.25, 0.3) is 0 Å². The van der Waals surface area contributed by atoms with E-state index in [1.165, 1.54) is 50.5 Å². The highest BCUT2D eigenvalue weighted by atomic mass is 14.7. The van der Waals surface area contributed by atoms with Crippen LogP contribution in [0.15, 0.2) is 28.9 Å². The van der Waals surface area contributed by atoms with Gasteiger partial charge in [0.05, 0.1) is 0 Å². The molecule has 106 valence electrons. The first-order valence-corrected chi connectivity index (χ1v) is 7.98. The van der Waals surface area contributed by atoms with Gasteiger partial charge in [-0.25, -0.2) is 4.99 Å². The highest BCUT2D eigenvalue weighted by Crippen LogP contribution is 2.62. The van der Waals surface area contributed by atoms with E-state index in [1.807, 2.05) is 13.1 Å². The van der Waals surface area contributed by atoms with Crippen molar-refractivity contribution in [3.63, 3.8) is 0 Å². The minimum absolute atomic E-state index is 0.299. The SMILES string of the molecule is C=C(C=N/C(C#N)=C\C)C12CCCC3CC(CC1C3)C2. The lowest BCUT2D eigenvalue weighted by Gasteiger charge is -2.35. The zero-order chi connectivity index (χ0) is 14.2. The first-order chi connectivity index (χ1) is 9.68. The van der Waals surface area contributed by atoms with Crippen LogP contribution in [0.3, 0.4) is 0 Å². The van der Waals surface area contributed by atoms with E-state index in [1.54, 1.807) is 6.08 Å². The smallest absolute Gasteiger partial charge is 0.136 e. The van der Waals surface area contributed by atoms with Crippen LogP contribution in [0.1, 0.15) is 51.9 Å². The zero-order valence-electron chi connectivity index (χ0n) is 12.4. The van der Waals surface area contributed by atoms with Crippen molar-refractivity contribution in [3.05, 3.63) is 23.9 Å². The fourth-order valence-corrected chi connectivity index (χ4v) is 5.11. The van der Waals surface area contributed by atoms with Crippen molar-refractivity contribution >= 4 is 6.21 Å². The van der Waals surface area contributed by atoms with Crippen molar-refractivity contribution in [3.8, 4) is 6.07 Å². The molecule has 0 spiro atoms. The van der Waals surface area contributed by atoms with E-state index in [-0.39, 0.29) is 0 Å². The molecule has 4 unspecified atom stereocenters. The average molecular weight is 268 g/mol. The number of hydrogen-bond donors (Lipinski definition) is 0. The molecule has 3 aliphatic rings. The Bertz CT molecular complexity index is 508. The Morgan fingerprint density at radius 3 is 2.90 bits per heavy atom. The van der Waals surface area contributed by atoms with Gasteiger partial charge in [-0.2, -0.15) is 5.26 Å². The number of hydrogen-bond acceptors (Lipinski definition) is 2. The maximum atomic E-state index is 8.97. The monoisotopic (exact) mass is 268 g/mol. The number of nitriles is 1. The van der Waals surface area contributed by atoms with Gasteiger partial charge in [0, 0.05) is 6.21 Å². The third-order valence-electron chi connectivity index (χ3n) is 5.96. The molecule has 0 aliphatic heterocycles. The Morgan fingerprint density at radius 2 is 2.15 bits per heavy atom. The summed E-state index contributed by atoms with van der Waals surface area (Å²) in [6.07, 6.45) is 13.3. The third-order valence-corrected chi connectivity index (χ3v) is 5.96. The quantitative estimate of drug-likeness (QED) is 0.542. The molecular weight excluding hydrogens is 244 g/mol. The zero-order valence-corrected chi connectivity index (χ0v) is 12.4. The van der Waals surface area contributed by atoms with Crippen molar-refractivity contribution in [2.45, 2.75) is 51.9 Å². The molecule has 0 amide bonds. The molecule has 20 heavy (non-hydrogen) atoms. The fourth-order valence-electron chi connectivity index (χ4n) is 5.11. The predicted molar refractivity (Wildman–Crippen MR) is 82.2 cm³/mol. The Morgan fingerprint density at radius 1 is 1.35 bits per heavy atom. The standard InChI is InChI=1S/C18H24N2/c1-3-17(11-19)20-12-13(2)18-6-4-5-14-7-15(10-18)9-16(18)8-14/h3,12,14-16H,2,4-10H2,1H3/b17-3-,20-12?. The molecule has 2 nitrogen and oxygen atoms in total. The number of allylic oxidation sites excluding steroid dienone is 3. The molecule has 0 aromatic carbocycles. The van der Waals surface area contributed by atoms with E-state index < -0.39 is 0 Å². The number of fused-ring (bicyclic) bond motifs is 2. The van der Waals surface area contributed by atoms with Crippen LogP contribution in [0, 0.1) is 34.5 Å². The Labute approximate surface area is 122 Å². The van der Waals surface area contributed by atoms with Crippen molar-refractivity contribution in [1.82, 2.24) is 0 Å². The number of nitrogens with zero attached hydrogens (tertiary/aromatic N) is 2. The molecule has 3 rings (SSSR count). The maximum Gasteiger partial charge on any atom is 0.136 e. The van der Waals surface area contributed by atoms with Gasteiger partial charge in [-0.1, -0.05) is 25.5 Å². The summed E-state index contributed by atoms with van der Waals surface area (Å²) in [5.41, 5.74) is 1.98. The fraction of sp³-hybridized carbons (Fsp3) is 0.667. The first-order valence-electron chi connectivity index (χ1n) is 7.98. The second-order valence-corrected chi connectivity index (χ2v) is 6.96. The molecule has 3 aliphatic carbocycles. The van der Waals surface area contributed by atoms with Crippen LogP contribution in [0.2, 0.25) is 0 Å². The van der Waals surface area contributed by atoms with Gasteiger partial charge >= 0.3 is 0 Å². The lowest BCUT2D eigenvalue weighted by molar-refractivity contribution is 0.227. The summed E-state index contributed by atoms with van der Waals surface area (Å²) < 4.78 is 0. The highest BCUT2D eigenvalue weighted by Gasteiger charge is 2.52. The van der Waals surface area contributed by atoms with Gasteiger partial charge in [-0.15, -0.1) is 0 Å². The molecule has 3 saturated carbocycles. The summed E-state index contributed by atoms with van der Waals surface area (Å²) in [5, 5.41) is 8.97. The van der Waals surface area contributed by atoms with E-state index in [9.17, 15) is 0 Å². The molecule has 3 fully saturated rings. The van der Waals surface area contributed by atoms with Gasteiger partial charge in [-0.05, 0) is 67.8 Å². The third kappa shape index (κ3) is 2.14. The predicted octanol–water partition coefficient (Wildman–Crippen LogP) is 4.65. The summed E-state index contributed by atoms with van der Waals surface area (Å²) in [6.45, 7) is 6.22. The lowest BCUT2D eigenvalue weighted by Crippen LogP contribution is -2.27. The Balaban J connectivity index is 1.84. The molecular formula is C18H24N2. The van der Waals surface area contributed by atoms with Crippen molar-refractivity contribution < 1.29 is 0 Å². The normalized spacial score (nSPS) is 39.8. The van der Waals surface area contributed by atoms with Crippen LogP contribution in [0.4, 0.5) is 0 Å². The average Bonchev–Trinajstić information content (AvgIpc) is 2.63. The maximum absolute atomic E-state index is 8.97. The van der Waals surface area contributed by atoms with Gasteiger partial charge in [0.15, 0.2) is 0 Å². The van der Waals surface area contributed by atoms with E-state index in [4.69, 9.17) is 5.26 Å². The van der Waals surface area contributed by atoms with E-state index in [0.29, 0.717) is 11.1 Å².